The summed E-state index contributed by atoms with van der Waals surface area (Å²) in [6.07, 6.45) is 10.7. The van der Waals surface area contributed by atoms with E-state index in [0.29, 0.717) is 18.4 Å². The van der Waals surface area contributed by atoms with Gasteiger partial charge in [-0.3, -0.25) is 9.59 Å². The van der Waals surface area contributed by atoms with Crippen LogP contribution in [0.2, 0.25) is 0 Å². The van der Waals surface area contributed by atoms with Crippen LogP contribution in [-0.2, 0) is 11.8 Å². The number of carbonyl (C=O) groups is 1. The first-order valence-electron chi connectivity index (χ1n) is 9.80. The summed E-state index contributed by atoms with van der Waals surface area (Å²) in [6, 6.07) is 4.25. The second-order valence-corrected chi connectivity index (χ2v) is 7.68. The van der Waals surface area contributed by atoms with E-state index in [1.165, 1.54) is 19.3 Å². The van der Waals surface area contributed by atoms with Gasteiger partial charge in [0.05, 0.1) is 0 Å². The van der Waals surface area contributed by atoms with Crippen molar-refractivity contribution >= 4 is 5.91 Å². The zero-order valence-corrected chi connectivity index (χ0v) is 15.4. The third kappa shape index (κ3) is 5.18. The van der Waals surface area contributed by atoms with Gasteiger partial charge in [0, 0.05) is 38.3 Å². The Kier molecular flexibility index (Phi) is 6.29. The first-order valence-corrected chi connectivity index (χ1v) is 9.80. The Morgan fingerprint density at radius 1 is 1.16 bits per heavy atom. The summed E-state index contributed by atoms with van der Waals surface area (Å²) in [7, 11) is 1.78. The molecule has 1 aliphatic heterocycles. The number of likely N-dealkylation sites (tertiary alicyclic amines) is 1. The smallest absolute Gasteiger partial charge is 0.250 e. The fourth-order valence-electron chi connectivity index (χ4n) is 4.11. The molecule has 1 amide bonds. The van der Waals surface area contributed by atoms with Crippen LogP contribution in [0.1, 0.15) is 62.8 Å². The van der Waals surface area contributed by atoms with Crippen molar-refractivity contribution in [1.82, 2.24) is 14.8 Å². The highest BCUT2D eigenvalue weighted by Crippen LogP contribution is 2.27. The molecule has 3 rings (SSSR count). The van der Waals surface area contributed by atoms with E-state index in [-0.39, 0.29) is 11.5 Å². The van der Waals surface area contributed by atoms with Gasteiger partial charge in [0.2, 0.25) is 5.91 Å². The fraction of sp³-hybridized carbons (Fsp3) is 0.700. The van der Waals surface area contributed by atoms with Crippen LogP contribution < -0.4 is 10.9 Å². The summed E-state index contributed by atoms with van der Waals surface area (Å²) < 4.78 is 1.61. The summed E-state index contributed by atoms with van der Waals surface area (Å²) in [6.45, 7) is 2.87. The Balaban J connectivity index is 1.39. The van der Waals surface area contributed by atoms with Crippen molar-refractivity contribution in [2.75, 3.05) is 19.6 Å². The molecule has 0 radical (unpaired) electrons. The SMILES string of the molecule is Cn1ccc(C2CCN(CCC(=O)NC3CCCCC3)CC2)cc1=O. The topological polar surface area (TPSA) is 54.3 Å². The van der Waals surface area contributed by atoms with Crippen LogP contribution >= 0.6 is 0 Å². The Morgan fingerprint density at radius 3 is 2.56 bits per heavy atom. The van der Waals surface area contributed by atoms with Gasteiger partial charge in [0.15, 0.2) is 0 Å². The van der Waals surface area contributed by atoms with E-state index < -0.39 is 0 Å². The maximum Gasteiger partial charge on any atom is 0.250 e. The van der Waals surface area contributed by atoms with Crippen LogP contribution in [0.4, 0.5) is 0 Å². The number of rotatable bonds is 5. The maximum absolute atomic E-state index is 12.1. The fourth-order valence-corrected chi connectivity index (χ4v) is 4.11. The van der Waals surface area contributed by atoms with Crippen molar-refractivity contribution in [1.29, 1.82) is 0 Å². The highest BCUT2D eigenvalue weighted by Gasteiger charge is 2.22. The molecule has 1 aromatic heterocycles. The predicted octanol–water partition coefficient (Wildman–Crippen LogP) is 2.40. The molecule has 1 saturated carbocycles. The number of aryl methyl sites for hydroxylation is 1. The van der Waals surface area contributed by atoms with Gasteiger partial charge in [-0.25, -0.2) is 0 Å². The zero-order valence-electron chi connectivity index (χ0n) is 15.4. The van der Waals surface area contributed by atoms with Crippen LogP contribution in [0, 0.1) is 0 Å². The summed E-state index contributed by atoms with van der Waals surface area (Å²) in [5, 5.41) is 3.20. The molecule has 1 aromatic rings. The molecule has 1 N–H and O–H groups in total. The molecule has 25 heavy (non-hydrogen) atoms. The predicted molar refractivity (Wildman–Crippen MR) is 99.7 cm³/mol. The molecule has 2 fully saturated rings. The number of pyridine rings is 1. The molecule has 0 spiro atoms. The molecule has 2 heterocycles. The standard InChI is InChI=1S/C20H31N3O2/c1-22-11-7-17(15-20(22)25)16-8-12-23(13-9-16)14-10-19(24)21-18-5-3-2-4-6-18/h7,11,15-16,18H,2-6,8-10,12-14H2,1H3,(H,21,24). The van der Waals surface area contributed by atoms with Crippen LogP contribution in [-0.4, -0.2) is 41.1 Å². The summed E-state index contributed by atoms with van der Waals surface area (Å²) >= 11 is 0. The average Bonchev–Trinajstić information content (AvgIpc) is 2.64. The second-order valence-electron chi connectivity index (χ2n) is 7.68. The minimum absolute atomic E-state index is 0.0688. The Bertz CT molecular complexity index is 626. The van der Waals surface area contributed by atoms with Crippen LogP contribution in [0.3, 0.4) is 0 Å². The van der Waals surface area contributed by atoms with E-state index in [0.717, 1.165) is 50.9 Å². The lowest BCUT2D eigenvalue weighted by molar-refractivity contribution is -0.122. The average molecular weight is 345 g/mol. The van der Waals surface area contributed by atoms with Crippen molar-refractivity contribution in [3.05, 3.63) is 34.2 Å². The molecule has 0 aromatic carbocycles. The normalized spacial score (nSPS) is 20.5. The lowest BCUT2D eigenvalue weighted by atomic mass is 9.90. The minimum Gasteiger partial charge on any atom is -0.353 e. The number of carbonyl (C=O) groups excluding carboxylic acids is 1. The molecule has 2 aliphatic rings. The molecular weight excluding hydrogens is 314 g/mol. The first-order chi connectivity index (χ1) is 12.1. The van der Waals surface area contributed by atoms with Crippen LogP contribution in [0.15, 0.2) is 23.1 Å². The van der Waals surface area contributed by atoms with E-state index in [4.69, 9.17) is 0 Å². The molecule has 0 atom stereocenters. The zero-order chi connectivity index (χ0) is 17.6. The lowest BCUT2D eigenvalue weighted by Crippen LogP contribution is -2.39. The van der Waals surface area contributed by atoms with Gasteiger partial charge in [-0.15, -0.1) is 0 Å². The van der Waals surface area contributed by atoms with E-state index >= 15 is 0 Å². The van der Waals surface area contributed by atoms with Gasteiger partial charge in [-0.05, 0) is 56.3 Å². The number of amides is 1. The molecule has 0 unspecified atom stereocenters. The Morgan fingerprint density at radius 2 is 1.88 bits per heavy atom. The lowest BCUT2D eigenvalue weighted by Gasteiger charge is -2.32. The molecular formula is C20H31N3O2. The Labute approximate surface area is 150 Å². The number of nitrogens with zero attached hydrogens (tertiary/aromatic N) is 2. The van der Waals surface area contributed by atoms with Crippen molar-refractivity contribution in [2.24, 2.45) is 7.05 Å². The monoisotopic (exact) mass is 345 g/mol. The van der Waals surface area contributed by atoms with Crippen molar-refractivity contribution < 1.29 is 4.79 Å². The highest BCUT2D eigenvalue weighted by atomic mass is 16.1. The largest absolute Gasteiger partial charge is 0.353 e. The summed E-state index contributed by atoms with van der Waals surface area (Å²) in [4.78, 5) is 26.3. The van der Waals surface area contributed by atoms with Crippen molar-refractivity contribution in [2.45, 2.75) is 63.3 Å². The second kappa shape index (κ2) is 8.65. The number of nitrogens with one attached hydrogen (secondary N) is 1. The van der Waals surface area contributed by atoms with Gasteiger partial charge in [-0.1, -0.05) is 19.3 Å². The van der Waals surface area contributed by atoms with E-state index in [1.54, 1.807) is 17.7 Å². The Hall–Kier alpha value is -1.62. The highest BCUT2D eigenvalue weighted by molar-refractivity contribution is 5.76. The van der Waals surface area contributed by atoms with E-state index in [1.807, 2.05) is 6.20 Å². The number of hydrogen-bond acceptors (Lipinski definition) is 3. The van der Waals surface area contributed by atoms with Crippen LogP contribution in [0.5, 0.6) is 0 Å². The summed E-state index contributed by atoms with van der Waals surface area (Å²) in [5.41, 5.74) is 1.23. The van der Waals surface area contributed by atoms with Gasteiger partial charge >= 0.3 is 0 Å². The van der Waals surface area contributed by atoms with Crippen LogP contribution in [0.25, 0.3) is 0 Å². The minimum atomic E-state index is 0.0688. The first kappa shape index (κ1) is 18.2. The molecule has 5 heteroatoms. The molecule has 138 valence electrons. The molecule has 0 bridgehead atoms. The maximum atomic E-state index is 12.1. The molecule has 1 aliphatic carbocycles. The van der Waals surface area contributed by atoms with E-state index in [9.17, 15) is 9.59 Å². The van der Waals surface area contributed by atoms with Crippen molar-refractivity contribution in [3.63, 3.8) is 0 Å². The molecule has 1 saturated heterocycles. The third-order valence-corrected chi connectivity index (χ3v) is 5.81. The van der Waals surface area contributed by atoms with Gasteiger partial charge in [0.25, 0.3) is 5.56 Å². The third-order valence-electron chi connectivity index (χ3n) is 5.81. The quantitative estimate of drug-likeness (QED) is 0.892. The number of aromatic nitrogens is 1. The van der Waals surface area contributed by atoms with E-state index in [2.05, 4.69) is 16.3 Å². The van der Waals surface area contributed by atoms with Gasteiger partial charge in [-0.2, -0.15) is 0 Å². The molecule has 5 nitrogen and oxygen atoms in total. The van der Waals surface area contributed by atoms with Gasteiger partial charge in [0.1, 0.15) is 0 Å². The summed E-state index contributed by atoms with van der Waals surface area (Å²) in [5.74, 6) is 0.682. The number of hydrogen-bond donors (Lipinski definition) is 1. The van der Waals surface area contributed by atoms with Crippen molar-refractivity contribution in [3.8, 4) is 0 Å². The number of piperidine rings is 1. The van der Waals surface area contributed by atoms with Gasteiger partial charge < -0.3 is 14.8 Å².